The van der Waals surface area contributed by atoms with E-state index in [1.165, 1.54) is 41.2 Å². The Kier molecular flexibility index (Phi) is 14.4. The van der Waals surface area contributed by atoms with E-state index in [-0.39, 0.29) is 59.0 Å². The molecule has 4 fully saturated rings. The van der Waals surface area contributed by atoms with Gasteiger partial charge in [-0.2, -0.15) is 0 Å². The van der Waals surface area contributed by atoms with E-state index in [0.717, 1.165) is 88.7 Å². The summed E-state index contributed by atoms with van der Waals surface area (Å²) in [4.78, 5) is 43.4. The summed E-state index contributed by atoms with van der Waals surface area (Å²) >= 11 is 0. The first kappa shape index (κ1) is 49.9. The molecule has 1 amide bonds. The third-order valence-corrected chi connectivity index (χ3v) is 16.2. The fourth-order valence-electron chi connectivity index (χ4n) is 10.9. The van der Waals surface area contributed by atoms with Gasteiger partial charge >= 0.3 is 5.69 Å². The van der Waals surface area contributed by atoms with Crippen LogP contribution in [0.3, 0.4) is 0 Å². The van der Waals surface area contributed by atoms with Gasteiger partial charge < -0.3 is 34.1 Å². The standard InChI is InChI=1S/C53H60FN9O9S/c1-34(2)42-6-4-5-7-43(42)48-32-60(31-35-8-11-38(69-3)12-9-35)18-19-62(48)37-25-53(26-37)14-16-61(17-15-53)36-10-13-44(49(22-36)72-39-23-45-46(54)30-58-50(45)55-27-39)52(64)59-73(67,68)41-24-47(63(65)66)51(57-29-41)56-28-40-33-70-20-21-71-40/h4-13,22-24,27,29-30,34,37,40,48H,14-21,25-26,28,31-33H2,1-3H3,(H,55,58)(H,56,57)(H,59,64)/t40-,48-/m0/s1. The smallest absolute Gasteiger partial charge is 0.312 e. The number of carbonyl (C=O) groups is 1. The Balaban J connectivity index is 0.843. The van der Waals surface area contributed by atoms with Crippen LogP contribution in [0.5, 0.6) is 17.2 Å². The van der Waals surface area contributed by atoms with E-state index in [1.54, 1.807) is 19.2 Å². The van der Waals surface area contributed by atoms with E-state index < -0.39 is 37.3 Å². The molecule has 3 N–H and O–H groups in total. The van der Waals surface area contributed by atoms with E-state index in [4.69, 9.17) is 18.9 Å². The maximum atomic E-state index is 14.7. The molecule has 0 unspecified atom stereocenters. The zero-order valence-corrected chi connectivity index (χ0v) is 41.9. The number of H-pyrrole nitrogens is 1. The van der Waals surface area contributed by atoms with E-state index in [9.17, 15) is 27.7 Å². The third kappa shape index (κ3) is 10.8. The Bertz CT molecular complexity index is 3080. The number of hydrogen-bond acceptors (Lipinski definition) is 15. The number of piperidine rings is 1. The number of nitro groups is 1. The molecule has 0 radical (unpaired) electrons. The van der Waals surface area contributed by atoms with Gasteiger partial charge in [-0.05, 0) is 84.0 Å². The van der Waals surface area contributed by atoms with Crippen molar-refractivity contribution in [2.24, 2.45) is 5.41 Å². The number of nitrogens with zero attached hydrogens (tertiary/aromatic N) is 6. The molecule has 3 aromatic heterocycles. The highest BCUT2D eigenvalue weighted by Gasteiger charge is 2.50. The van der Waals surface area contributed by atoms with Gasteiger partial charge in [-0.1, -0.05) is 50.2 Å². The summed E-state index contributed by atoms with van der Waals surface area (Å²) in [6, 6.07) is 25.2. The molecule has 20 heteroatoms. The summed E-state index contributed by atoms with van der Waals surface area (Å²) in [5, 5.41) is 15.1. The number of ether oxygens (including phenoxy) is 4. The maximum Gasteiger partial charge on any atom is 0.312 e. The normalized spacial score (nSPS) is 19.7. The summed E-state index contributed by atoms with van der Waals surface area (Å²) in [6.45, 7) is 11.1. The number of aromatic amines is 1. The van der Waals surface area contributed by atoms with Crippen LogP contribution in [-0.4, -0.2) is 122 Å². The molecule has 18 nitrogen and oxygen atoms in total. The first-order valence-electron chi connectivity index (χ1n) is 24.8. The predicted molar refractivity (Wildman–Crippen MR) is 272 cm³/mol. The summed E-state index contributed by atoms with van der Waals surface area (Å²) < 4.78 is 66.9. The van der Waals surface area contributed by atoms with Crippen molar-refractivity contribution < 1.29 is 41.5 Å². The molecule has 4 aliphatic rings. The number of anilines is 2. The van der Waals surface area contributed by atoms with Gasteiger partial charge in [-0.15, -0.1) is 0 Å². The van der Waals surface area contributed by atoms with Crippen molar-refractivity contribution in [2.45, 2.75) is 75.1 Å². The number of rotatable bonds is 16. The Morgan fingerprint density at radius 3 is 2.52 bits per heavy atom. The largest absolute Gasteiger partial charge is 0.497 e. The quantitative estimate of drug-likeness (QED) is 0.0617. The highest BCUT2D eigenvalue weighted by Crippen LogP contribution is 2.53. The number of benzene rings is 3. The van der Waals surface area contributed by atoms with Crippen molar-refractivity contribution in [2.75, 3.05) is 76.4 Å². The molecular formula is C53H60FN9O9S. The van der Waals surface area contributed by atoms with Crippen LogP contribution >= 0.6 is 0 Å². The fourth-order valence-corrected chi connectivity index (χ4v) is 11.9. The molecule has 1 aliphatic carbocycles. The lowest BCUT2D eigenvalue weighted by Crippen LogP contribution is -2.60. The van der Waals surface area contributed by atoms with Gasteiger partial charge in [0.1, 0.15) is 33.6 Å². The second-order valence-corrected chi connectivity index (χ2v) is 21.5. The van der Waals surface area contributed by atoms with Crippen molar-refractivity contribution >= 4 is 44.2 Å². The number of aromatic nitrogens is 3. The van der Waals surface area contributed by atoms with Gasteiger partial charge in [0, 0.05) is 81.9 Å². The minimum Gasteiger partial charge on any atom is -0.497 e. The van der Waals surface area contributed by atoms with E-state index in [0.29, 0.717) is 30.8 Å². The molecule has 10 rings (SSSR count). The zero-order valence-electron chi connectivity index (χ0n) is 41.1. The molecule has 6 aromatic rings. The lowest BCUT2D eigenvalue weighted by Gasteiger charge is -2.58. The SMILES string of the molecule is COc1ccc(CN2CCN(C3CC4(CCN(c5ccc(C(=O)NS(=O)(=O)c6cnc(NC[C@H]7COCCO7)c([N+](=O)[O-])c6)c(Oc6cnc7[nH]cc(F)c7c6)c5)CC4)C3)[C@H](c3ccccc3C(C)C)C2)cc1. The summed E-state index contributed by atoms with van der Waals surface area (Å²) in [5.41, 5.74) is 4.56. The summed E-state index contributed by atoms with van der Waals surface area (Å²) in [7, 11) is -3.02. The number of methoxy groups -OCH3 is 1. The first-order valence-corrected chi connectivity index (χ1v) is 26.3. The van der Waals surface area contributed by atoms with Gasteiger partial charge in [0.05, 0.1) is 61.3 Å². The van der Waals surface area contributed by atoms with Crippen LogP contribution in [0.25, 0.3) is 11.0 Å². The first-order chi connectivity index (χ1) is 35.2. The molecule has 1 saturated carbocycles. The minimum absolute atomic E-state index is 0.00251. The van der Waals surface area contributed by atoms with Crippen molar-refractivity contribution in [3.05, 3.63) is 136 Å². The van der Waals surface area contributed by atoms with Crippen molar-refractivity contribution in [3.63, 3.8) is 0 Å². The topological polar surface area (TPSA) is 207 Å². The van der Waals surface area contributed by atoms with Crippen LogP contribution in [0.2, 0.25) is 0 Å². The van der Waals surface area contributed by atoms with Crippen LogP contribution in [0.15, 0.2) is 102 Å². The van der Waals surface area contributed by atoms with Gasteiger partial charge in [-0.3, -0.25) is 24.7 Å². The molecule has 384 valence electrons. The van der Waals surface area contributed by atoms with Crippen molar-refractivity contribution in [3.8, 4) is 17.2 Å². The number of sulfonamides is 1. The lowest BCUT2D eigenvalue weighted by atomic mass is 9.59. The number of fused-ring (bicyclic) bond motifs is 1. The molecular weight excluding hydrogens is 958 g/mol. The lowest BCUT2D eigenvalue weighted by molar-refractivity contribution is -0.384. The molecule has 2 atom stereocenters. The van der Waals surface area contributed by atoms with Gasteiger partial charge in [-0.25, -0.2) is 27.5 Å². The molecule has 3 saturated heterocycles. The third-order valence-electron chi connectivity index (χ3n) is 14.9. The number of nitrogens with one attached hydrogen (secondary N) is 3. The zero-order chi connectivity index (χ0) is 50.9. The second-order valence-electron chi connectivity index (χ2n) is 19.8. The second kappa shape index (κ2) is 21.0. The minimum atomic E-state index is -4.71. The highest BCUT2D eigenvalue weighted by atomic mass is 32.2. The highest BCUT2D eigenvalue weighted by molar-refractivity contribution is 7.90. The molecule has 3 aromatic carbocycles. The molecule has 3 aliphatic heterocycles. The van der Waals surface area contributed by atoms with E-state index in [1.807, 2.05) is 16.9 Å². The van der Waals surface area contributed by atoms with Crippen LogP contribution in [0, 0.1) is 21.3 Å². The van der Waals surface area contributed by atoms with E-state index >= 15 is 0 Å². The Morgan fingerprint density at radius 2 is 1.78 bits per heavy atom. The number of pyridine rings is 2. The van der Waals surface area contributed by atoms with Crippen molar-refractivity contribution in [1.29, 1.82) is 0 Å². The average Bonchev–Trinajstić information content (AvgIpc) is 3.76. The average molecular weight is 1020 g/mol. The summed E-state index contributed by atoms with van der Waals surface area (Å²) in [6.07, 6.45) is 7.25. The van der Waals surface area contributed by atoms with Crippen LogP contribution in [-0.2, 0) is 26.0 Å². The predicted octanol–water partition coefficient (Wildman–Crippen LogP) is 8.18. The molecule has 0 bridgehead atoms. The van der Waals surface area contributed by atoms with Crippen molar-refractivity contribution in [1.82, 2.24) is 29.5 Å². The van der Waals surface area contributed by atoms with Gasteiger partial charge in [0.2, 0.25) is 5.82 Å². The Hall–Kier alpha value is -6.71. The Labute approximate surface area is 423 Å². The number of halogens is 1. The monoisotopic (exact) mass is 1020 g/mol. The fraction of sp³-hybridized carbons (Fsp3) is 0.415. The Morgan fingerprint density at radius 1 is 0.986 bits per heavy atom. The van der Waals surface area contributed by atoms with Gasteiger partial charge in [0.15, 0.2) is 0 Å². The van der Waals surface area contributed by atoms with Crippen LogP contribution in [0.4, 0.5) is 21.6 Å². The van der Waals surface area contributed by atoms with Crippen LogP contribution in [0.1, 0.15) is 78.5 Å². The molecule has 6 heterocycles. The maximum absolute atomic E-state index is 14.7. The number of amides is 1. The summed E-state index contributed by atoms with van der Waals surface area (Å²) in [5.74, 6) is -0.408. The van der Waals surface area contributed by atoms with E-state index in [2.05, 4.69) is 85.2 Å². The number of hydrogen-bond donors (Lipinski definition) is 3. The van der Waals surface area contributed by atoms with Gasteiger partial charge in [0.25, 0.3) is 15.9 Å². The number of piperazine rings is 1. The van der Waals surface area contributed by atoms with Crippen LogP contribution < -0.4 is 24.4 Å². The molecule has 73 heavy (non-hydrogen) atoms. The molecule has 1 spiro atoms. The number of carbonyl (C=O) groups excluding carboxylic acids is 1.